The van der Waals surface area contributed by atoms with E-state index in [4.69, 9.17) is 16.0 Å². The van der Waals surface area contributed by atoms with Crippen molar-refractivity contribution in [1.29, 1.82) is 0 Å². The van der Waals surface area contributed by atoms with Crippen LogP contribution in [-0.2, 0) is 6.42 Å². The Hall–Kier alpha value is -1.09. The van der Waals surface area contributed by atoms with Gasteiger partial charge in [0.2, 0.25) is 0 Å². The number of rotatable bonds is 1. The minimum Gasteiger partial charge on any atom is -0.441 e. The second-order valence-corrected chi connectivity index (χ2v) is 3.10. The minimum absolute atomic E-state index is 0.0614. The molecule has 0 aliphatic carbocycles. The van der Waals surface area contributed by atoms with E-state index in [9.17, 15) is 4.39 Å². The number of nitrogens with zero attached hydrogens (tertiary/aromatic N) is 1. The van der Waals surface area contributed by atoms with Crippen molar-refractivity contribution in [2.75, 3.05) is 0 Å². The molecule has 1 heterocycles. The summed E-state index contributed by atoms with van der Waals surface area (Å²) < 4.78 is 18.2. The van der Waals surface area contributed by atoms with Crippen LogP contribution in [0, 0.1) is 5.82 Å². The standard InChI is InChI=1S/C9H7ClFNO/c1-2-9-12-7-4-6(11)5(10)3-8(7)13-9/h3-4H,2H2,1H3. The number of oxazole rings is 1. The Balaban J connectivity index is 2.70. The van der Waals surface area contributed by atoms with E-state index in [0.717, 1.165) is 0 Å². The highest BCUT2D eigenvalue weighted by Gasteiger charge is 2.08. The van der Waals surface area contributed by atoms with Crippen LogP contribution in [0.2, 0.25) is 5.02 Å². The maximum absolute atomic E-state index is 12.9. The van der Waals surface area contributed by atoms with Gasteiger partial charge in [-0.3, -0.25) is 0 Å². The van der Waals surface area contributed by atoms with Crippen molar-refractivity contribution >= 4 is 22.7 Å². The minimum atomic E-state index is -0.467. The van der Waals surface area contributed by atoms with Crippen molar-refractivity contribution in [2.45, 2.75) is 13.3 Å². The third-order valence-corrected chi connectivity index (χ3v) is 2.07. The summed E-state index contributed by atoms with van der Waals surface area (Å²) in [5.41, 5.74) is 1.04. The molecule has 4 heteroatoms. The highest BCUT2D eigenvalue weighted by molar-refractivity contribution is 6.31. The highest BCUT2D eigenvalue weighted by Crippen LogP contribution is 2.23. The van der Waals surface area contributed by atoms with Gasteiger partial charge in [0, 0.05) is 18.6 Å². The van der Waals surface area contributed by atoms with Gasteiger partial charge in [-0.15, -0.1) is 0 Å². The van der Waals surface area contributed by atoms with Crippen LogP contribution in [0.3, 0.4) is 0 Å². The smallest absolute Gasteiger partial charge is 0.195 e. The fourth-order valence-corrected chi connectivity index (χ4v) is 1.28. The van der Waals surface area contributed by atoms with Gasteiger partial charge in [-0.25, -0.2) is 9.37 Å². The maximum Gasteiger partial charge on any atom is 0.195 e. The van der Waals surface area contributed by atoms with Crippen molar-refractivity contribution in [3.05, 3.63) is 28.9 Å². The molecule has 1 aromatic carbocycles. The number of hydrogen-bond acceptors (Lipinski definition) is 2. The summed E-state index contributed by atoms with van der Waals surface area (Å²) in [6, 6.07) is 2.72. The normalized spacial score (nSPS) is 11.0. The molecule has 0 amide bonds. The third kappa shape index (κ3) is 1.40. The van der Waals surface area contributed by atoms with E-state index in [1.165, 1.54) is 12.1 Å². The average Bonchev–Trinajstić information content (AvgIpc) is 2.48. The Morgan fingerprint density at radius 3 is 3.00 bits per heavy atom. The lowest BCUT2D eigenvalue weighted by molar-refractivity contribution is 0.537. The largest absolute Gasteiger partial charge is 0.441 e. The van der Waals surface area contributed by atoms with Gasteiger partial charge in [0.25, 0.3) is 0 Å². The summed E-state index contributed by atoms with van der Waals surface area (Å²) in [6.07, 6.45) is 0.688. The third-order valence-electron chi connectivity index (χ3n) is 1.78. The second-order valence-electron chi connectivity index (χ2n) is 2.70. The average molecular weight is 200 g/mol. The van der Waals surface area contributed by atoms with Gasteiger partial charge in [-0.2, -0.15) is 0 Å². The van der Waals surface area contributed by atoms with Crippen LogP contribution in [0.4, 0.5) is 4.39 Å². The van der Waals surface area contributed by atoms with Crippen molar-refractivity contribution in [2.24, 2.45) is 0 Å². The Morgan fingerprint density at radius 1 is 1.54 bits per heavy atom. The molecular weight excluding hydrogens is 193 g/mol. The quantitative estimate of drug-likeness (QED) is 0.705. The van der Waals surface area contributed by atoms with Gasteiger partial charge in [-0.1, -0.05) is 18.5 Å². The summed E-state index contributed by atoms with van der Waals surface area (Å²) in [6.45, 7) is 1.92. The van der Waals surface area contributed by atoms with Crippen LogP contribution in [0.15, 0.2) is 16.5 Å². The van der Waals surface area contributed by atoms with Crippen molar-refractivity contribution in [1.82, 2.24) is 4.98 Å². The first-order chi connectivity index (χ1) is 6.20. The summed E-state index contributed by atoms with van der Waals surface area (Å²) in [7, 11) is 0. The van der Waals surface area contributed by atoms with Gasteiger partial charge in [0.05, 0.1) is 5.02 Å². The lowest BCUT2D eigenvalue weighted by Crippen LogP contribution is -1.77. The first kappa shape index (κ1) is 8.51. The molecule has 0 bridgehead atoms. The van der Waals surface area contributed by atoms with Crippen LogP contribution in [0.5, 0.6) is 0 Å². The fraction of sp³-hybridized carbons (Fsp3) is 0.222. The fourth-order valence-electron chi connectivity index (χ4n) is 1.12. The topological polar surface area (TPSA) is 26.0 Å². The van der Waals surface area contributed by atoms with Crippen molar-refractivity contribution in [3.8, 4) is 0 Å². The number of aromatic nitrogens is 1. The molecule has 0 spiro atoms. The van der Waals surface area contributed by atoms with Crippen LogP contribution in [0.25, 0.3) is 11.1 Å². The predicted molar refractivity (Wildman–Crippen MR) is 48.4 cm³/mol. The molecule has 0 aliphatic heterocycles. The van der Waals surface area contributed by atoms with E-state index >= 15 is 0 Å². The number of aryl methyl sites for hydroxylation is 1. The molecule has 68 valence electrons. The summed E-state index contributed by atoms with van der Waals surface area (Å²) >= 11 is 5.58. The highest BCUT2D eigenvalue weighted by atomic mass is 35.5. The Kier molecular flexibility index (Phi) is 1.96. The van der Waals surface area contributed by atoms with Crippen LogP contribution < -0.4 is 0 Å². The molecule has 0 N–H and O–H groups in total. The van der Waals surface area contributed by atoms with Crippen LogP contribution in [0.1, 0.15) is 12.8 Å². The molecule has 2 nitrogen and oxygen atoms in total. The molecule has 0 fully saturated rings. The molecule has 0 saturated heterocycles. The van der Waals surface area contributed by atoms with Gasteiger partial charge < -0.3 is 4.42 Å². The van der Waals surface area contributed by atoms with Crippen LogP contribution in [-0.4, -0.2) is 4.98 Å². The first-order valence-electron chi connectivity index (χ1n) is 3.95. The maximum atomic E-state index is 12.9. The molecule has 2 aromatic rings. The monoisotopic (exact) mass is 199 g/mol. The number of hydrogen-bond donors (Lipinski definition) is 0. The lowest BCUT2D eigenvalue weighted by Gasteiger charge is -1.90. The zero-order chi connectivity index (χ0) is 9.42. The molecule has 13 heavy (non-hydrogen) atoms. The van der Waals surface area contributed by atoms with E-state index in [1.54, 1.807) is 0 Å². The Morgan fingerprint density at radius 2 is 2.31 bits per heavy atom. The Bertz CT molecular complexity index is 413. The Labute approximate surface area is 79.3 Å². The molecule has 0 aliphatic rings. The van der Waals surface area contributed by atoms with Crippen molar-refractivity contribution in [3.63, 3.8) is 0 Å². The van der Waals surface area contributed by atoms with Gasteiger partial charge in [0.15, 0.2) is 11.5 Å². The van der Waals surface area contributed by atoms with Crippen LogP contribution >= 0.6 is 11.6 Å². The summed E-state index contributed by atoms with van der Waals surface area (Å²) in [5.74, 6) is 0.127. The number of fused-ring (bicyclic) bond motifs is 1. The zero-order valence-electron chi connectivity index (χ0n) is 6.97. The summed E-state index contributed by atoms with van der Waals surface area (Å²) in [4.78, 5) is 4.07. The van der Waals surface area contributed by atoms with E-state index in [0.29, 0.717) is 23.4 Å². The van der Waals surface area contributed by atoms with Crippen molar-refractivity contribution < 1.29 is 8.81 Å². The van der Waals surface area contributed by atoms with Gasteiger partial charge in [0.1, 0.15) is 11.3 Å². The molecule has 0 atom stereocenters. The van der Waals surface area contributed by atoms with Gasteiger partial charge in [-0.05, 0) is 0 Å². The molecular formula is C9H7ClFNO. The lowest BCUT2D eigenvalue weighted by atomic mass is 10.3. The van der Waals surface area contributed by atoms with E-state index in [1.807, 2.05) is 6.92 Å². The zero-order valence-corrected chi connectivity index (χ0v) is 7.73. The van der Waals surface area contributed by atoms with Gasteiger partial charge >= 0.3 is 0 Å². The first-order valence-corrected chi connectivity index (χ1v) is 4.33. The van der Waals surface area contributed by atoms with E-state index in [-0.39, 0.29) is 5.02 Å². The number of benzene rings is 1. The molecule has 1 aromatic heterocycles. The SMILES string of the molecule is CCc1nc2cc(F)c(Cl)cc2o1. The molecule has 2 rings (SSSR count). The predicted octanol–water partition coefficient (Wildman–Crippen LogP) is 3.18. The van der Waals surface area contributed by atoms with E-state index in [2.05, 4.69) is 4.98 Å². The molecule has 0 radical (unpaired) electrons. The van der Waals surface area contributed by atoms with E-state index < -0.39 is 5.82 Å². The summed E-state index contributed by atoms with van der Waals surface area (Å²) in [5, 5.41) is 0.0614. The molecule has 0 saturated carbocycles. The second kappa shape index (κ2) is 3.00. The molecule has 0 unspecified atom stereocenters. The number of halogens is 2.